The number of halogens is 2. The number of hydrogen-bond donors (Lipinski definition) is 0. The first-order valence-electron chi connectivity index (χ1n) is 9.48. The van der Waals surface area contributed by atoms with Gasteiger partial charge in [0.1, 0.15) is 11.5 Å². The van der Waals surface area contributed by atoms with Gasteiger partial charge in [-0.3, -0.25) is 0 Å². The number of rotatable bonds is 8. The fraction of sp³-hybridized carbons (Fsp3) is 0.455. The molecule has 0 unspecified atom stereocenters. The number of ether oxygens (including phenoxy) is 2. The molecule has 1 aliphatic rings. The number of piperazine rings is 1. The zero-order chi connectivity index (χ0) is 18.2. The van der Waals surface area contributed by atoms with Crippen LogP contribution >= 0.6 is 24.8 Å². The normalized spacial score (nSPS) is 14.6. The van der Waals surface area contributed by atoms with Gasteiger partial charge in [0.2, 0.25) is 0 Å². The van der Waals surface area contributed by atoms with E-state index in [4.69, 9.17) is 9.47 Å². The van der Waals surface area contributed by atoms with Crippen LogP contribution in [0.25, 0.3) is 0 Å². The summed E-state index contributed by atoms with van der Waals surface area (Å²) in [6.45, 7) is 6.76. The zero-order valence-electron chi connectivity index (χ0n) is 16.8. The first kappa shape index (κ1) is 24.6. The Kier molecular flexibility index (Phi) is 11.3. The topological polar surface area (TPSA) is 24.9 Å². The van der Waals surface area contributed by atoms with Crippen molar-refractivity contribution in [3.8, 4) is 11.5 Å². The van der Waals surface area contributed by atoms with E-state index in [1.165, 1.54) is 11.1 Å². The molecular weight excluding hydrogens is 395 g/mol. The van der Waals surface area contributed by atoms with Gasteiger partial charge < -0.3 is 19.3 Å². The second-order valence-electron chi connectivity index (χ2n) is 6.81. The van der Waals surface area contributed by atoms with Crippen LogP contribution in [0.3, 0.4) is 0 Å². The average Bonchev–Trinajstić information content (AvgIpc) is 2.72. The summed E-state index contributed by atoms with van der Waals surface area (Å²) in [5, 5.41) is 0. The van der Waals surface area contributed by atoms with Crippen molar-refractivity contribution in [2.24, 2.45) is 0 Å². The van der Waals surface area contributed by atoms with Gasteiger partial charge in [0.25, 0.3) is 0 Å². The summed E-state index contributed by atoms with van der Waals surface area (Å²) in [7, 11) is 3.50. The summed E-state index contributed by atoms with van der Waals surface area (Å²) in [5.74, 6) is 2.01. The van der Waals surface area contributed by atoms with E-state index in [1.54, 1.807) is 14.2 Å². The molecule has 0 N–H and O–H groups in total. The molecule has 1 aliphatic heterocycles. The van der Waals surface area contributed by atoms with Gasteiger partial charge in [0, 0.05) is 39.3 Å². The molecule has 0 aliphatic carbocycles. The van der Waals surface area contributed by atoms with Crippen molar-refractivity contribution in [3.05, 3.63) is 59.7 Å². The second kappa shape index (κ2) is 12.9. The molecule has 0 atom stereocenters. The quantitative estimate of drug-likeness (QED) is 0.637. The Balaban J connectivity index is 0.00000196. The Hall–Kier alpha value is -1.46. The molecule has 2 aromatic rings. The number of para-hydroxylation sites is 2. The Morgan fingerprint density at radius 1 is 0.643 bits per heavy atom. The summed E-state index contributed by atoms with van der Waals surface area (Å²) < 4.78 is 10.9. The molecule has 0 bridgehead atoms. The highest BCUT2D eigenvalue weighted by atomic mass is 35.5. The van der Waals surface area contributed by atoms with E-state index in [0.29, 0.717) is 0 Å². The van der Waals surface area contributed by atoms with Gasteiger partial charge in [-0.2, -0.15) is 0 Å². The summed E-state index contributed by atoms with van der Waals surface area (Å²) in [6.07, 6.45) is 2.09. The van der Waals surface area contributed by atoms with E-state index in [2.05, 4.69) is 34.1 Å². The maximum absolute atomic E-state index is 5.46. The predicted molar refractivity (Wildman–Crippen MR) is 121 cm³/mol. The van der Waals surface area contributed by atoms with Crippen molar-refractivity contribution in [2.75, 3.05) is 53.5 Å². The Bertz CT molecular complexity index is 632. The van der Waals surface area contributed by atoms with E-state index < -0.39 is 0 Å². The number of hydrogen-bond acceptors (Lipinski definition) is 4. The third kappa shape index (κ3) is 6.85. The molecule has 3 rings (SSSR count). The van der Waals surface area contributed by atoms with Gasteiger partial charge in [-0.1, -0.05) is 36.4 Å². The van der Waals surface area contributed by atoms with Crippen LogP contribution in [0.15, 0.2) is 48.5 Å². The monoisotopic (exact) mass is 426 g/mol. The SMILES string of the molecule is COc1ccccc1CCN1CCN(CCc2ccccc2OC)CC1.Cl.Cl. The van der Waals surface area contributed by atoms with Gasteiger partial charge >= 0.3 is 0 Å². The zero-order valence-corrected chi connectivity index (χ0v) is 18.4. The largest absolute Gasteiger partial charge is 0.496 e. The highest BCUT2D eigenvalue weighted by Gasteiger charge is 2.17. The molecular formula is C22H32Cl2N2O2. The first-order chi connectivity index (χ1) is 12.8. The van der Waals surface area contributed by atoms with Crippen LogP contribution in [0, 0.1) is 0 Å². The van der Waals surface area contributed by atoms with Crippen molar-refractivity contribution in [3.63, 3.8) is 0 Å². The van der Waals surface area contributed by atoms with Crippen molar-refractivity contribution in [1.82, 2.24) is 9.80 Å². The minimum Gasteiger partial charge on any atom is -0.496 e. The van der Waals surface area contributed by atoms with E-state index in [1.807, 2.05) is 24.3 Å². The standard InChI is InChI=1S/C22H30N2O2.2ClH/c1-25-21-9-5-3-7-19(21)11-13-23-15-17-24(18-16-23)14-12-20-8-4-6-10-22(20)26-2;;/h3-10H,11-18H2,1-2H3;2*1H. The summed E-state index contributed by atoms with van der Waals surface area (Å²) in [6, 6.07) is 16.7. The number of methoxy groups -OCH3 is 2. The smallest absolute Gasteiger partial charge is 0.122 e. The van der Waals surface area contributed by atoms with Crippen LogP contribution < -0.4 is 9.47 Å². The molecule has 28 heavy (non-hydrogen) atoms. The third-order valence-electron chi connectivity index (χ3n) is 5.24. The molecule has 0 spiro atoms. The van der Waals surface area contributed by atoms with E-state index >= 15 is 0 Å². The molecule has 2 aromatic carbocycles. The van der Waals surface area contributed by atoms with Crippen molar-refractivity contribution >= 4 is 24.8 Å². The fourth-order valence-corrected chi connectivity index (χ4v) is 3.61. The molecule has 4 nitrogen and oxygen atoms in total. The maximum Gasteiger partial charge on any atom is 0.122 e. The lowest BCUT2D eigenvalue weighted by Crippen LogP contribution is -2.47. The second-order valence-corrected chi connectivity index (χ2v) is 6.81. The van der Waals surface area contributed by atoms with E-state index in [-0.39, 0.29) is 24.8 Å². The Labute approximate surface area is 181 Å². The lowest BCUT2D eigenvalue weighted by Gasteiger charge is -2.34. The highest BCUT2D eigenvalue weighted by Crippen LogP contribution is 2.19. The number of benzene rings is 2. The fourth-order valence-electron chi connectivity index (χ4n) is 3.61. The van der Waals surface area contributed by atoms with Crippen LogP contribution in [0.5, 0.6) is 11.5 Å². The first-order valence-corrected chi connectivity index (χ1v) is 9.48. The molecule has 1 heterocycles. The molecule has 156 valence electrons. The van der Waals surface area contributed by atoms with Gasteiger partial charge in [-0.15, -0.1) is 24.8 Å². The molecule has 0 radical (unpaired) electrons. The van der Waals surface area contributed by atoms with Crippen molar-refractivity contribution < 1.29 is 9.47 Å². The summed E-state index contributed by atoms with van der Waals surface area (Å²) in [5.41, 5.74) is 2.60. The number of nitrogens with zero attached hydrogens (tertiary/aromatic N) is 2. The minimum absolute atomic E-state index is 0. The Morgan fingerprint density at radius 3 is 1.36 bits per heavy atom. The molecule has 0 amide bonds. The summed E-state index contributed by atoms with van der Waals surface area (Å²) in [4.78, 5) is 5.12. The lowest BCUT2D eigenvalue weighted by molar-refractivity contribution is 0.134. The van der Waals surface area contributed by atoms with E-state index in [9.17, 15) is 0 Å². The van der Waals surface area contributed by atoms with Crippen LogP contribution in [-0.2, 0) is 12.8 Å². The molecule has 0 aromatic heterocycles. The lowest BCUT2D eigenvalue weighted by atomic mass is 10.1. The average molecular weight is 427 g/mol. The highest BCUT2D eigenvalue weighted by molar-refractivity contribution is 5.85. The Morgan fingerprint density at radius 2 is 1.00 bits per heavy atom. The van der Waals surface area contributed by atoms with Gasteiger partial charge in [-0.05, 0) is 36.1 Å². The maximum atomic E-state index is 5.46. The molecule has 0 saturated carbocycles. The van der Waals surface area contributed by atoms with Crippen molar-refractivity contribution in [2.45, 2.75) is 12.8 Å². The molecule has 6 heteroatoms. The predicted octanol–water partition coefficient (Wildman–Crippen LogP) is 3.95. The molecule has 1 fully saturated rings. The van der Waals surface area contributed by atoms with Crippen LogP contribution in [0.1, 0.15) is 11.1 Å². The summed E-state index contributed by atoms with van der Waals surface area (Å²) >= 11 is 0. The van der Waals surface area contributed by atoms with Gasteiger partial charge in [0.15, 0.2) is 0 Å². The van der Waals surface area contributed by atoms with Crippen LogP contribution in [0.4, 0.5) is 0 Å². The molecule has 1 saturated heterocycles. The van der Waals surface area contributed by atoms with Crippen LogP contribution in [0.2, 0.25) is 0 Å². The van der Waals surface area contributed by atoms with Gasteiger partial charge in [0.05, 0.1) is 14.2 Å². The van der Waals surface area contributed by atoms with E-state index in [0.717, 1.165) is 63.6 Å². The third-order valence-corrected chi connectivity index (χ3v) is 5.24. The minimum atomic E-state index is 0. The van der Waals surface area contributed by atoms with Crippen LogP contribution in [-0.4, -0.2) is 63.3 Å². The van der Waals surface area contributed by atoms with Crippen molar-refractivity contribution in [1.29, 1.82) is 0 Å². The van der Waals surface area contributed by atoms with Gasteiger partial charge in [-0.25, -0.2) is 0 Å².